The van der Waals surface area contributed by atoms with Crippen LogP contribution in [0, 0.1) is 0 Å². The molecule has 61 heavy (non-hydrogen) atoms. The second-order valence-corrected chi connectivity index (χ2v) is 15.1. The van der Waals surface area contributed by atoms with Crippen LogP contribution in [0.3, 0.4) is 0 Å². The molecule has 3 nitrogen and oxygen atoms in total. The maximum absolute atomic E-state index is 9.62. The van der Waals surface area contributed by atoms with E-state index in [4.69, 9.17) is 0 Å². The van der Waals surface area contributed by atoms with Gasteiger partial charge in [-0.2, -0.15) is 0 Å². The van der Waals surface area contributed by atoms with Crippen molar-refractivity contribution >= 4 is 66.7 Å². The van der Waals surface area contributed by atoms with Crippen LogP contribution in [0.25, 0.3) is 60.5 Å². The quantitative estimate of drug-likeness (QED) is 0.144. The molecular formula is C58H41N3. The van der Waals surface area contributed by atoms with Gasteiger partial charge >= 0.3 is 0 Å². The molecule has 0 N–H and O–H groups in total. The summed E-state index contributed by atoms with van der Waals surface area (Å²) in [5.41, 5.74) is 10.8. The first-order chi connectivity index (χ1) is 31.9. The summed E-state index contributed by atoms with van der Waals surface area (Å²) in [4.78, 5) is 4.13. The van der Waals surface area contributed by atoms with Crippen molar-refractivity contribution in [2.75, 3.05) is 9.80 Å². The highest BCUT2D eigenvalue weighted by Crippen LogP contribution is 2.43. The molecule has 11 aromatic rings. The highest BCUT2D eigenvalue weighted by atomic mass is 15.1. The summed E-state index contributed by atoms with van der Waals surface area (Å²) in [6, 6.07) is 75.4. The van der Waals surface area contributed by atoms with Crippen molar-refractivity contribution < 1.29 is 5.48 Å². The summed E-state index contributed by atoms with van der Waals surface area (Å²) < 4.78 is 40.5. The van der Waals surface area contributed by atoms with Crippen molar-refractivity contribution in [3.63, 3.8) is 0 Å². The zero-order valence-electron chi connectivity index (χ0n) is 37.2. The van der Waals surface area contributed by atoms with Crippen molar-refractivity contribution in [1.29, 1.82) is 0 Å². The molecule has 10 aromatic carbocycles. The lowest BCUT2D eigenvalue weighted by molar-refractivity contribution is 1.18. The summed E-state index contributed by atoms with van der Waals surface area (Å²) in [6.07, 6.45) is 0. The minimum Gasteiger partial charge on any atom is -0.310 e. The molecule has 3 heteroatoms. The zero-order valence-corrected chi connectivity index (χ0v) is 33.2. The normalized spacial score (nSPS) is 12.2. The molecule has 0 amide bonds. The Morgan fingerprint density at radius 2 is 0.885 bits per heavy atom. The van der Waals surface area contributed by atoms with Gasteiger partial charge in [0.25, 0.3) is 0 Å². The molecule has 0 bridgehead atoms. The van der Waals surface area contributed by atoms with Gasteiger partial charge in [0.05, 0.1) is 22.2 Å². The number of aromatic nitrogens is 1. The van der Waals surface area contributed by atoms with Crippen LogP contribution >= 0.6 is 0 Å². The van der Waals surface area contributed by atoms with Gasteiger partial charge in [-0.15, -0.1) is 0 Å². The molecule has 0 saturated carbocycles. The van der Waals surface area contributed by atoms with Crippen molar-refractivity contribution in [3.8, 4) is 27.9 Å². The van der Waals surface area contributed by atoms with Gasteiger partial charge in [-0.25, -0.2) is 0 Å². The lowest BCUT2D eigenvalue weighted by Crippen LogP contribution is -2.11. The third-order valence-electron chi connectivity index (χ3n) is 11.4. The molecule has 0 unspecified atom stereocenters. The molecule has 0 saturated heterocycles. The molecule has 11 rings (SSSR count). The third kappa shape index (κ3) is 6.69. The summed E-state index contributed by atoms with van der Waals surface area (Å²) >= 11 is 0. The highest BCUT2D eigenvalue weighted by molar-refractivity contribution is 6.10. The van der Waals surface area contributed by atoms with E-state index in [1.54, 1.807) is 0 Å². The fourth-order valence-corrected chi connectivity index (χ4v) is 8.56. The largest absolute Gasteiger partial charge is 0.310 e. The van der Waals surface area contributed by atoms with E-state index < -0.39 is 0 Å². The monoisotopic (exact) mass is 783 g/mol. The van der Waals surface area contributed by atoms with E-state index in [-0.39, 0.29) is 35.4 Å². The number of anilines is 6. The van der Waals surface area contributed by atoms with Crippen molar-refractivity contribution in [2.45, 2.75) is 0 Å². The molecule has 0 spiro atoms. The minimum atomic E-state index is -0.125. The van der Waals surface area contributed by atoms with Gasteiger partial charge in [-0.05, 0) is 118 Å². The number of para-hydroxylation sites is 5. The molecule has 0 aliphatic heterocycles. The average Bonchev–Trinajstić information content (AvgIpc) is 3.70. The molecule has 0 radical (unpaired) electrons. The van der Waals surface area contributed by atoms with Gasteiger partial charge in [0.15, 0.2) is 0 Å². The second-order valence-electron chi connectivity index (χ2n) is 15.1. The van der Waals surface area contributed by atoms with E-state index in [9.17, 15) is 5.48 Å². The summed E-state index contributed by atoms with van der Waals surface area (Å²) in [6.45, 7) is 0. The number of fused-ring (bicyclic) bond motifs is 4. The van der Waals surface area contributed by atoms with Gasteiger partial charge in [0.2, 0.25) is 0 Å². The van der Waals surface area contributed by atoms with Gasteiger partial charge in [0, 0.05) is 50.5 Å². The van der Waals surface area contributed by atoms with Crippen LogP contribution in [-0.4, -0.2) is 4.57 Å². The predicted octanol–water partition coefficient (Wildman–Crippen LogP) is 16.2. The maximum atomic E-state index is 9.62. The van der Waals surface area contributed by atoms with E-state index in [2.05, 4.69) is 125 Å². The standard InChI is InChI=1S/C58H41N3/c1-5-17-43(18-6-1)53-25-13-15-27-56(53)60(48-21-9-3-10-22-48)51-36-33-45-39-44(29-30-46(45)40-51)42-31-34-50(35-32-42)59(47-19-7-2-8-20-47)52-37-38-55-54-26-14-16-28-57(54)61(58(55)41-52)49-23-11-4-12-24-49/h1-41H/i31D,32D,34D,35D. The molecular weight excluding hydrogens is 739 g/mol. The molecule has 0 fully saturated rings. The second kappa shape index (κ2) is 15.6. The van der Waals surface area contributed by atoms with Gasteiger partial charge in [-0.1, -0.05) is 158 Å². The van der Waals surface area contributed by atoms with Gasteiger partial charge in [-0.3, -0.25) is 0 Å². The van der Waals surface area contributed by atoms with Crippen LogP contribution in [0.5, 0.6) is 0 Å². The molecule has 1 heterocycles. The molecule has 0 atom stereocenters. The minimum absolute atomic E-state index is 0.106. The fraction of sp³-hybridized carbons (Fsp3) is 0. The molecule has 0 aliphatic rings. The van der Waals surface area contributed by atoms with Crippen molar-refractivity contribution in [1.82, 2.24) is 4.57 Å². The summed E-state index contributed by atoms with van der Waals surface area (Å²) in [7, 11) is 0. The van der Waals surface area contributed by atoms with Crippen LogP contribution in [0.4, 0.5) is 34.1 Å². The Balaban J connectivity index is 1.02. The van der Waals surface area contributed by atoms with Gasteiger partial charge < -0.3 is 14.4 Å². The maximum Gasteiger partial charge on any atom is 0.0645 e. The Hall–Kier alpha value is -8.14. The first-order valence-electron chi connectivity index (χ1n) is 22.5. The van der Waals surface area contributed by atoms with E-state index in [0.29, 0.717) is 5.56 Å². The number of hydrogen-bond acceptors (Lipinski definition) is 2. The van der Waals surface area contributed by atoms with E-state index in [1.165, 1.54) is 0 Å². The summed E-state index contributed by atoms with van der Waals surface area (Å²) in [5.74, 6) is 0. The average molecular weight is 784 g/mol. The lowest BCUT2D eigenvalue weighted by atomic mass is 9.99. The summed E-state index contributed by atoms with van der Waals surface area (Å²) in [5, 5.41) is 4.09. The van der Waals surface area contributed by atoms with E-state index >= 15 is 0 Å². The van der Waals surface area contributed by atoms with Crippen molar-refractivity contribution in [3.05, 3.63) is 249 Å². The smallest absolute Gasteiger partial charge is 0.0645 e. The topological polar surface area (TPSA) is 11.4 Å². The van der Waals surface area contributed by atoms with E-state index in [1.807, 2.05) is 114 Å². The molecule has 1 aromatic heterocycles. The molecule has 288 valence electrons. The van der Waals surface area contributed by atoms with Gasteiger partial charge in [0.1, 0.15) is 0 Å². The Labute approximate surface area is 361 Å². The zero-order chi connectivity index (χ0) is 44.0. The molecule has 0 aliphatic carbocycles. The van der Waals surface area contributed by atoms with Crippen molar-refractivity contribution in [2.24, 2.45) is 0 Å². The fourth-order valence-electron chi connectivity index (χ4n) is 8.56. The van der Waals surface area contributed by atoms with Crippen LogP contribution in [0.15, 0.2) is 249 Å². The Morgan fingerprint density at radius 1 is 0.328 bits per heavy atom. The van der Waals surface area contributed by atoms with E-state index in [0.717, 1.165) is 77.8 Å². The first-order valence-corrected chi connectivity index (χ1v) is 20.5. The predicted molar refractivity (Wildman–Crippen MR) is 259 cm³/mol. The Kier molecular flexibility index (Phi) is 8.11. The number of hydrogen-bond donors (Lipinski definition) is 0. The highest BCUT2D eigenvalue weighted by Gasteiger charge is 2.19. The van der Waals surface area contributed by atoms with Crippen LogP contribution in [0.2, 0.25) is 0 Å². The number of rotatable bonds is 9. The number of nitrogens with zero attached hydrogens (tertiary/aromatic N) is 3. The Morgan fingerprint density at radius 3 is 1.64 bits per heavy atom. The third-order valence-corrected chi connectivity index (χ3v) is 11.4. The van der Waals surface area contributed by atoms with Crippen LogP contribution in [-0.2, 0) is 0 Å². The number of benzene rings is 10. The first kappa shape index (κ1) is 31.8. The lowest BCUT2D eigenvalue weighted by Gasteiger charge is -2.28. The van der Waals surface area contributed by atoms with Crippen LogP contribution < -0.4 is 9.80 Å². The Bertz CT molecular complexity index is 3510. The van der Waals surface area contributed by atoms with Crippen LogP contribution in [0.1, 0.15) is 5.48 Å². The SMILES string of the molecule is [2H]c1c([2H])c(N(c2ccccc2)c2ccc3c4ccccc4n(-c4ccccc4)c3c2)c([2H])c([2H])c1-c1ccc2cc(N(c3ccccc3)c3ccccc3-c3ccccc3)ccc2c1.